The zero-order valence-electron chi connectivity index (χ0n) is 17.8. The fourth-order valence-electron chi connectivity index (χ4n) is 3.09. The molecular formula is C20H30N4O6. The minimum Gasteiger partial charge on any atom is -0.495 e. The average Bonchev–Trinajstić information content (AvgIpc) is 2.96. The Kier molecular flexibility index (Phi) is 8.85. The molecule has 1 N–H and O–H groups in total. The minimum absolute atomic E-state index is 0.122. The molecule has 0 aliphatic carbocycles. The zero-order valence-corrected chi connectivity index (χ0v) is 17.8. The van der Waals surface area contributed by atoms with E-state index in [2.05, 4.69) is 10.2 Å². The molecule has 1 fully saturated rings. The van der Waals surface area contributed by atoms with E-state index in [0.717, 1.165) is 13.0 Å². The van der Waals surface area contributed by atoms with Gasteiger partial charge in [0.15, 0.2) is 0 Å². The van der Waals surface area contributed by atoms with Crippen molar-refractivity contribution in [2.45, 2.75) is 26.7 Å². The first-order valence-corrected chi connectivity index (χ1v) is 10.1. The van der Waals surface area contributed by atoms with Crippen LogP contribution in [-0.4, -0.2) is 73.2 Å². The van der Waals surface area contributed by atoms with Gasteiger partial charge in [-0.3, -0.25) is 14.9 Å². The van der Waals surface area contributed by atoms with Gasteiger partial charge in [-0.1, -0.05) is 13.8 Å². The van der Waals surface area contributed by atoms with Gasteiger partial charge in [0, 0.05) is 44.7 Å². The summed E-state index contributed by atoms with van der Waals surface area (Å²) in [6.45, 7) is 7.53. The summed E-state index contributed by atoms with van der Waals surface area (Å²) < 4.78 is 10.5. The Bertz CT molecular complexity index is 755. The minimum atomic E-state index is -0.524. The van der Waals surface area contributed by atoms with E-state index in [1.807, 2.05) is 13.8 Å². The van der Waals surface area contributed by atoms with Crippen LogP contribution in [0, 0.1) is 16.0 Å². The molecule has 0 bridgehead atoms. The lowest BCUT2D eigenvalue weighted by Gasteiger charge is -2.22. The van der Waals surface area contributed by atoms with Crippen LogP contribution < -0.4 is 10.1 Å². The Morgan fingerprint density at radius 2 is 2.00 bits per heavy atom. The van der Waals surface area contributed by atoms with E-state index in [9.17, 15) is 19.7 Å². The summed E-state index contributed by atoms with van der Waals surface area (Å²) in [5.41, 5.74) is 0.148. The second kappa shape index (κ2) is 11.3. The number of rotatable bonds is 8. The number of carbonyl (C=O) groups is 2. The first kappa shape index (κ1) is 23.4. The highest BCUT2D eigenvalue weighted by Crippen LogP contribution is 2.28. The molecule has 10 heteroatoms. The monoisotopic (exact) mass is 422 g/mol. The van der Waals surface area contributed by atoms with Crippen molar-refractivity contribution in [2.75, 3.05) is 51.8 Å². The van der Waals surface area contributed by atoms with Gasteiger partial charge in [0.05, 0.1) is 24.3 Å². The summed E-state index contributed by atoms with van der Waals surface area (Å²) in [5, 5.41) is 13.6. The lowest BCUT2D eigenvalue weighted by Crippen LogP contribution is -2.36. The Labute approximate surface area is 176 Å². The molecule has 2 amide bonds. The molecule has 0 atom stereocenters. The normalized spacial score (nSPS) is 14.9. The maximum atomic E-state index is 12.4. The molecule has 0 saturated carbocycles. The first-order chi connectivity index (χ1) is 14.3. The smallest absolute Gasteiger partial charge is 0.409 e. The molecule has 1 aromatic rings. The van der Waals surface area contributed by atoms with E-state index < -0.39 is 4.92 Å². The van der Waals surface area contributed by atoms with Crippen molar-refractivity contribution in [1.29, 1.82) is 0 Å². The lowest BCUT2D eigenvalue weighted by atomic mass is 10.2. The summed E-state index contributed by atoms with van der Waals surface area (Å²) in [4.78, 5) is 38.8. The van der Waals surface area contributed by atoms with E-state index in [-0.39, 0.29) is 29.8 Å². The van der Waals surface area contributed by atoms with Gasteiger partial charge in [0.25, 0.3) is 5.69 Å². The number of non-ortho nitro benzene ring substituents is 1. The number of amides is 2. The number of carbonyl (C=O) groups excluding carboxylic acids is 2. The van der Waals surface area contributed by atoms with Gasteiger partial charge in [0.2, 0.25) is 5.91 Å². The van der Waals surface area contributed by atoms with E-state index in [1.54, 1.807) is 4.90 Å². The molecule has 10 nitrogen and oxygen atoms in total. The largest absolute Gasteiger partial charge is 0.495 e. The Hall–Kier alpha value is -2.88. The van der Waals surface area contributed by atoms with Gasteiger partial charge in [-0.25, -0.2) is 4.79 Å². The number of methoxy groups -OCH3 is 1. The molecular weight excluding hydrogens is 392 g/mol. The highest BCUT2D eigenvalue weighted by atomic mass is 16.6. The third-order valence-electron chi connectivity index (χ3n) is 4.71. The number of nitrogens with one attached hydrogen (secondary N) is 1. The molecule has 1 aliphatic heterocycles. The second-order valence-electron chi connectivity index (χ2n) is 7.59. The second-order valence-corrected chi connectivity index (χ2v) is 7.59. The van der Waals surface area contributed by atoms with Crippen LogP contribution in [0.1, 0.15) is 26.7 Å². The fraction of sp³-hybridized carbons (Fsp3) is 0.600. The van der Waals surface area contributed by atoms with Gasteiger partial charge < -0.3 is 24.6 Å². The molecule has 0 aromatic heterocycles. The Morgan fingerprint density at radius 1 is 1.23 bits per heavy atom. The Morgan fingerprint density at radius 3 is 2.67 bits per heavy atom. The van der Waals surface area contributed by atoms with Gasteiger partial charge >= 0.3 is 6.09 Å². The van der Waals surface area contributed by atoms with Crippen LogP contribution in [0.25, 0.3) is 0 Å². The van der Waals surface area contributed by atoms with E-state index in [0.29, 0.717) is 44.5 Å². The molecule has 30 heavy (non-hydrogen) atoms. The number of nitrogens with zero attached hydrogens (tertiary/aromatic N) is 3. The average molecular weight is 422 g/mol. The van der Waals surface area contributed by atoms with Crippen molar-refractivity contribution in [3.05, 3.63) is 28.3 Å². The van der Waals surface area contributed by atoms with Crippen LogP contribution in [0.4, 0.5) is 16.2 Å². The first-order valence-electron chi connectivity index (χ1n) is 10.1. The number of anilines is 1. The van der Waals surface area contributed by atoms with Gasteiger partial charge in [0.1, 0.15) is 5.75 Å². The van der Waals surface area contributed by atoms with E-state index >= 15 is 0 Å². The number of benzene rings is 1. The van der Waals surface area contributed by atoms with Crippen LogP contribution in [0.3, 0.4) is 0 Å². The predicted molar refractivity (Wildman–Crippen MR) is 112 cm³/mol. The number of nitro benzene ring substituents is 1. The summed E-state index contributed by atoms with van der Waals surface area (Å²) in [5.74, 6) is 0.395. The molecule has 2 rings (SSSR count). The maximum Gasteiger partial charge on any atom is 0.409 e. The SMILES string of the molecule is COc1ccc([N+](=O)[O-])cc1NC(=O)CCN1CCCN(C(=O)OCC(C)C)CC1. The van der Waals surface area contributed by atoms with Crippen LogP contribution in [0.2, 0.25) is 0 Å². The molecule has 0 unspecified atom stereocenters. The summed E-state index contributed by atoms with van der Waals surface area (Å²) >= 11 is 0. The number of ether oxygens (including phenoxy) is 2. The number of hydrogen-bond donors (Lipinski definition) is 1. The maximum absolute atomic E-state index is 12.4. The van der Waals surface area contributed by atoms with Gasteiger partial charge in [-0.15, -0.1) is 0 Å². The highest BCUT2D eigenvalue weighted by molar-refractivity contribution is 5.92. The lowest BCUT2D eigenvalue weighted by molar-refractivity contribution is -0.384. The van der Waals surface area contributed by atoms with E-state index in [1.165, 1.54) is 25.3 Å². The molecule has 1 heterocycles. The molecule has 0 radical (unpaired) electrons. The highest BCUT2D eigenvalue weighted by Gasteiger charge is 2.21. The van der Waals surface area contributed by atoms with Crippen LogP contribution in [-0.2, 0) is 9.53 Å². The third-order valence-corrected chi connectivity index (χ3v) is 4.71. The fourth-order valence-corrected chi connectivity index (χ4v) is 3.09. The molecule has 1 aliphatic rings. The van der Waals surface area contributed by atoms with Crippen LogP contribution >= 0.6 is 0 Å². The zero-order chi connectivity index (χ0) is 22.1. The molecule has 1 aromatic carbocycles. The van der Waals surface area contributed by atoms with Crippen molar-refractivity contribution >= 4 is 23.4 Å². The quantitative estimate of drug-likeness (QED) is 0.506. The van der Waals surface area contributed by atoms with Crippen molar-refractivity contribution < 1.29 is 24.0 Å². The van der Waals surface area contributed by atoms with Crippen LogP contribution in [0.5, 0.6) is 5.75 Å². The summed E-state index contributed by atoms with van der Waals surface area (Å²) in [6.07, 6.45) is 0.738. The van der Waals surface area contributed by atoms with Crippen molar-refractivity contribution in [1.82, 2.24) is 9.80 Å². The standard InChI is InChI=1S/C20H30N4O6/c1-15(2)14-30-20(26)23-9-4-8-22(11-12-23)10-7-19(25)21-17-13-16(24(27)28)5-6-18(17)29-3/h5-6,13,15H,4,7-12,14H2,1-3H3,(H,21,25). The van der Waals surface area contributed by atoms with Gasteiger partial charge in [-0.05, 0) is 24.9 Å². The predicted octanol–water partition coefficient (Wildman–Crippen LogP) is 2.73. The van der Waals surface area contributed by atoms with Crippen molar-refractivity contribution in [3.8, 4) is 5.75 Å². The number of hydrogen-bond acceptors (Lipinski definition) is 7. The Balaban J connectivity index is 1.83. The molecule has 0 spiro atoms. The summed E-state index contributed by atoms with van der Waals surface area (Å²) in [6, 6.07) is 4.06. The van der Waals surface area contributed by atoms with E-state index in [4.69, 9.17) is 9.47 Å². The molecule has 1 saturated heterocycles. The number of nitro groups is 1. The van der Waals surface area contributed by atoms with Crippen LogP contribution in [0.15, 0.2) is 18.2 Å². The molecule has 166 valence electrons. The topological polar surface area (TPSA) is 114 Å². The van der Waals surface area contributed by atoms with Crippen molar-refractivity contribution in [3.63, 3.8) is 0 Å². The van der Waals surface area contributed by atoms with Gasteiger partial charge in [-0.2, -0.15) is 0 Å². The third kappa shape index (κ3) is 7.18. The summed E-state index contributed by atoms with van der Waals surface area (Å²) in [7, 11) is 1.44. The van der Waals surface area contributed by atoms with Crippen molar-refractivity contribution in [2.24, 2.45) is 5.92 Å².